The number of nitrogens with zero attached hydrogens (tertiary/aromatic N) is 3. The molecule has 5 heteroatoms. The van der Waals surface area contributed by atoms with Crippen LogP contribution in [0.3, 0.4) is 0 Å². The number of oxime groups is 1. The number of hydrogen-bond donors (Lipinski definition) is 2. The molecule has 2 heterocycles. The van der Waals surface area contributed by atoms with Crippen molar-refractivity contribution < 1.29 is 5.21 Å². The van der Waals surface area contributed by atoms with Crippen LogP contribution in [0.5, 0.6) is 0 Å². The number of amidine groups is 1. The molecule has 3 N–H and O–H groups in total. The molecule has 0 radical (unpaired) electrons. The standard InChI is InChI=1S/C13H20N4O/c1-3-10-5-4-9(2)17(10)11-6-7-15-12(8-11)13(14)16-18/h6-10,18H,3-5H2,1-2H3,(H2,14,16). The van der Waals surface area contributed by atoms with Crippen LogP contribution in [0.1, 0.15) is 38.8 Å². The zero-order valence-electron chi connectivity index (χ0n) is 10.9. The second-order valence-electron chi connectivity index (χ2n) is 4.78. The molecule has 0 spiro atoms. The maximum atomic E-state index is 8.70. The first-order valence-corrected chi connectivity index (χ1v) is 6.39. The lowest BCUT2D eigenvalue weighted by atomic mass is 10.1. The highest BCUT2D eigenvalue weighted by molar-refractivity contribution is 5.95. The van der Waals surface area contributed by atoms with E-state index in [-0.39, 0.29) is 5.84 Å². The van der Waals surface area contributed by atoms with E-state index in [4.69, 9.17) is 10.9 Å². The van der Waals surface area contributed by atoms with Gasteiger partial charge in [-0.05, 0) is 38.3 Å². The molecule has 18 heavy (non-hydrogen) atoms. The molecule has 0 bridgehead atoms. The van der Waals surface area contributed by atoms with Crippen molar-refractivity contribution in [3.8, 4) is 0 Å². The van der Waals surface area contributed by atoms with Crippen LogP contribution in [0.2, 0.25) is 0 Å². The lowest BCUT2D eigenvalue weighted by Gasteiger charge is -2.30. The largest absolute Gasteiger partial charge is 0.409 e. The minimum Gasteiger partial charge on any atom is -0.409 e. The molecule has 98 valence electrons. The van der Waals surface area contributed by atoms with E-state index in [9.17, 15) is 0 Å². The maximum Gasteiger partial charge on any atom is 0.188 e. The second kappa shape index (κ2) is 5.25. The first-order chi connectivity index (χ1) is 8.67. The molecule has 1 aromatic heterocycles. The number of aromatic nitrogens is 1. The van der Waals surface area contributed by atoms with Gasteiger partial charge in [-0.3, -0.25) is 4.98 Å². The Balaban J connectivity index is 2.32. The van der Waals surface area contributed by atoms with Crippen LogP contribution in [0.15, 0.2) is 23.5 Å². The molecule has 1 aromatic rings. The van der Waals surface area contributed by atoms with E-state index in [1.54, 1.807) is 6.20 Å². The number of hydrogen-bond acceptors (Lipinski definition) is 4. The van der Waals surface area contributed by atoms with Crippen molar-refractivity contribution in [1.82, 2.24) is 4.98 Å². The van der Waals surface area contributed by atoms with Gasteiger partial charge in [-0.1, -0.05) is 12.1 Å². The molecular formula is C13H20N4O. The van der Waals surface area contributed by atoms with Gasteiger partial charge in [0.25, 0.3) is 0 Å². The van der Waals surface area contributed by atoms with Gasteiger partial charge in [-0.25, -0.2) is 0 Å². The van der Waals surface area contributed by atoms with Crippen LogP contribution < -0.4 is 10.6 Å². The molecule has 1 aliphatic heterocycles. The van der Waals surface area contributed by atoms with Crippen molar-refractivity contribution in [2.75, 3.05) is 4.90 Å². The topological polar surface area (TPSA) is 74.7 Å². The van der Waals surface area contributed by atoms with Crippen LogP contribution in [-0.2, 0) is 0 Å². The minimum atomic E-state index is 0.0525. The molecule has 0 amide bonds. The predicted octanol–water partition coefficient (Wildman–Crippen LogP) is 1.94. The summed E-state index contributed by atoms with van der Waals surface area (Å²) in [6.07, 6.45) is 5.27. The van der Waals surface area contributed by atoms with Gasteiger partial charge in [-0.2, -0.15) is 0 Å². The Kier molecular flexibility index (Phi) is 3.69. The van der Waals surface area contributed by atoms with Gasteiger partial charge in [0, 0.05) is 24.0 Å². The molecule has 1 saturated heterocycles. The van der Waals surface area contributed by atoms with E-state index in [1.807, 2.05) is 12.1 Å². The van der Waals surface area contributed by atoms with Gasteiger partial charge in [-0.15, -0.1) is 0 Å². The predicted molar refractivity (Wildman–Crippen MR) is 72.0 cm³/mol. The van der Waals surface area contributed by atoms with Gasteiger partial charge in [0.1, 0.15) is 5.69 Å². The molecule has 1 fully saturated rings. The Bertz CT molecular complexity index is 446. The van der Waals surface area contributed by atoms with Crippen LogP contribution in [0, 0.1) is 0 Å². The number of anilines is 1. The van der Waals surface area contributed by atoms with Crippen molar-refractivity contribution in [2.45, 2.75) is 45.2 Å². The van der Waals surface area contributed by atoms with E-state index >= 15 is 0 Å². The summed E-state index contributed by atoms with van der Waals surface area (Å²) in [7, 11) is 0. The summed E-state index contributed by atoms with van der Waals surface area (Å²) in [5.74, 6) is 0.0525. The fourth-order valence-corrected chi connectivity index (χ4v) is 2.71. The minimum absolute atomic E-state index is 0.0525. The van der Waals surface area contributed by atoms with Crippen LogP contribution in [0.25, 0.3) is 0 Å². The van der Waals surface area contributed by atoms with Crippen molar-refractivity contribution in [1.29, 1.82) is 0 Å². The summed E-state index contributed by atoms with van der Waals surface area (Å²) >= 11 is 0. The van der Waals surface area contributed by atoms with Crippen molar-refractivity contribution in [3.05, 3.63) is 24.0 Å². The normalized spacial score (nSPS) is 24.6. The van der Waals surface area contributed by atoms with Crippen molar-refractivity contribution >= 4 is 11.5 Å². The van der Waals surface area contributed by atoms with Gasteiger partial charge in [0.2, 0.25) is 0 Å². The highest BCUT2D eigenvalue weighted by Crippen LogP contribution is 2.31. The first-order valence-electron chi connectivity index (χ1n) is 6.39. The lowest BCUT2D eigenvalue weighted by Crippen LogP contribution is -2.34. The highest BCUT2D eigenvalue weighted by Gasteiger charge is 2.29. The van der Waals surface area contributed by atoms with Crippen molar-refractivity contribution in [2.24, 2.45) is 10.9 Å². The van der Waals surface area contributed by atoms with Crippen LogP contribution in [0.4, 0.5) is 5.69 Å². The summed E-state index contributed by atoms with van der Waals surface area (Å²) in [5.41, 5.74) is 7.20. The molecular weight excluding hydrogens is 228 g/mol. The average molecular weight is 248 g/mol. The summed E-state index contributed by atoms with van der Waals surface area (Å²) < 4.78 is 0. The highest BCUT2D eigenvalue weighted by atomic mass is 16.4. The number of pyridine rings is 1. The van der Waals surface area contributed by atoms with Gasteiger partial charge in [0.05, 0.1) is 0 Å². The second-order valence-corrected chi connectivity index (χ2v) is 4.78. The third kappa shape index (κ3) is 2.25. The van der Waals surface area contributed by atoms with E-state index in [2.05, 4.69) is 28.9 Å². The van der Waals surface area contributed by atoms with E-state index in [1.165, 1.54) is 12.8 Å². The summed E-state index contributed by atoms with van der Waals surface area (Å²) in [6.45, 7) is 4.45. The van der Waals surface area contributed by atoms with Crippen LogP contribution in [-0.4, -0.2) is 28.1 Å². The third-order valence-electron chi connectivity index (χ3n) is 3.67. The Morgan fingerprint density at radius 2 is 2.39 bits per heavy atom. The Morgan fingerprint density at radius 1 is 1.61 bits per heavy atom. The Morgan fingerprint density at radius 3 is 3.06 bits per heavy atom. The van der Waals surface area contributed by atoms with Crippen molar-refractivity contribution in [3.63, 3.8) is 0 Å². The summed E-state index contributed by atoms with van der Waals surface area (Å²) in [4.78, 5) is 6.53. The molecule has 2 rings (SSSR count). The quantitative estimate of drug-likeness (QED) is 0.371. The molecule has 5 nitrogen and oxygen atoms in total. The fraction of sp³-hybridized carbons (Fsp3) is 0.538. The summed E-state index contributed by atoms with van der Waals surface area (Å²) in [6, 6.07) is 4.97. The fourth-order valence-electron chi connectivity index (χ4n) is 2.71. The smallest absolute Gasteiger partial charge is 0.188 e. The maximum absolute atomic E-state index is 8.70. The average Bonchev–Trinajstić information content (AvgIpc) is 2.79. The zero-order chi connectivity index (χ0) is 13.1. The van der Waals surface area contributed by atoms with Crippen LogP contribution >= 0.6 is 0 Å². The Hall–Kier alpha value is -1.78. The molecule has 0 aromatic carbocycles. The van der Waals surface area contributed by atoms with Gasteiger partial charge in [0.15, 0.2) is 5.84 Å². The molecule has 2 atom stereocenters. The Labute approximate surface area is 107 Å². The molecule has 0 saturated carbocycles. The van der Waals surface area contributed by atoms with Gasteiger partial charge >= 0.3 is 0 Å². The monoisotopic (exact) mass is 248 g/mol. The lowest BCUT2D eigenvalue weighted by molar-refractivity contribution is 0.318. The molecule has 1 aliphatic rings. The van der Waals surface area contributed by atoms with Gasteiger partial charge < -0.3 is 15.8 Å². The van der Waals surface area contributed by atoms with E-state index in [0.29, 0.717) is 17.8 Å². The third-order valence-corrected chi connectivity index (χ3v) is 3.67. The van der Waals surface area contributed by atoms with E-state index < -0.39 is 0 Å². The summed E-state index contributed by atoms with van der Waals surface area (Å²) in [5, 5.41) is 11.7. The first kappa shape index (κ1) is 12.7. The number of nitrogens with two attached hydrogens (primary N) is 1. The SMILES string of the molecule is CCC1CCC(C)N1c1ccnc(/C(N)=N/O)c1. The number of rotatable bonds is 3. The molecule has 0 aliphatic carbocycles. The molecule has 2 unspecified atom stereocenters. The van der Waals surface area contributed by atoms with E-state index in [0.717, 1.165) is 12.1 Å². The zero-order valence-corrected chi connectivity index (χ0v) is 10.9.